The zero-order valence-corrected chi connectivity index (χ0v) is 18.2. The number of amides is 1. The third-order valence-electron chi connectivity index (χ3n) is 4.59. The predicted molar refractivity (Wildman–Crippen MR) is 114 cm³/mol. The van der Waals surface area contributed by atoms with Gasteiger partial charge in [0.05, 0.1) is 6.61 Å². The molecule has 7 heteroatoms. The van der Waals surface area contributed by atoms with Crippen molar-refractivity contribution < 1.29 is 23.3 Å². The maximum absolute atomic E-state index is 11.8. The number of hydrogen-bond acceptors (Lipinski definition) is 5. The van der Waals surface area contributed by atoms with Crippen LogP contribution in [0.3, 0.4) is 0 Å². The molecule has 0 aromatic heterocycles. The molecule has 0 radical (unpaired) electrons. The number of hydrogen-bond donors (Lipinski definition) is 1. The number of ketones is 1. The van der Waals surface area contributed by atoms with Crippen molar-refractivity contribution in [3.05, 3.63) is 53.1 Å². The summed E-state index contributed by atoms with van der Waals surface area (Å²) in [5.41, 5.74) is 0.324. The van der Waals surface area contributed by atoms with Crippen LogP contribution in [0.25, 0.3) is 0 Å². The highest BCUT2D eigenvalue weighted by atomic mass is 32.2. The summed E-state index contributed by atoms with van der Waals surface area (Å²) in [4.78, 5) is 23.4. The van der Waals surface area contributed by atoms with Crippen molar-refractivity contribution in [2.75, 3.05) is 19.4 Å². The van der Waals surface area contributed by atoms with Crippen molar-refractivity contribution in [2.45, 2.75) is 39.2 Å². The van der Waals surface area contributed by atoms with Crippen molar-refractivity contribution in [3.63, 3.8) is 0 Å². The molecule has 2 atom stereocenters. The highest BCUT2D eigenvalue weighted by Gasteiger charge is 2.36. The van der Waals surface area contributed by atoms with E-state index >= 15 is 0 Å². The van der Waals surface area contributed by atoms with Crippen molar-refractivity contribution in [1.82, 2.24) is 5.32 Å². The minimum atomic E-state index is -1.12. The van der Waals surface area contributed by atoms with Crippen LogP contribution in [-0.2, 0) is 31.5 Å². The fraction of sp³-hybridized carbons (Fsp3) is 0.455. The van der Waals surface area contributed by atoms with Gasteiger partial charge in [0.2, 0.25) is 11.7 Å². The molecule has 1 aromatic rings. The second-order valence-corrected chi connectivity index (χ2v) is 8.82. The van der Waals surface area contributed by atoms with Gasteiger partial charge in [-0.1, -0.05) is 19.1 Å². The number of carbonyl (C=O) groups excluding carboxylic acids is 2. The number of ether oxygens (including phenoxy) is 2. The first-order valence-electron chi connectivity index (χ1n) is 9.62. The monoisotopic (exact) mass is 419 g/mol. The quantitative estimate of drug-likeness (QED) is 0.590. The zero-order chi connectivity index (χ0) is 21.4. The lowest BCUT2D eigenvalue weighted by Crippen LogP contribution is -2.28. The van der Waals surface area contributed by atoms with Gasteiger partial charge >= 0.3 is 0 Å². The van der Waals surface area contributed by atoms with E-state index in [0.29, 0.717) is 19.6 Å². The second kappa shape index (κ2) is 10.4. The van der Waals surface area contributed by atoms with Crippen molar-refractivity contribution in [2.24, 2.45) is 5.92 Å². The Bertz CT molecular complexity index is 811. The molecule has 1 amide bonds. The first-order chi connectivity index (χ1) is 13.7. The highest BCUT2D eigenvalue weighted by Crippen LogP contribution is 2.30. The Balaban J connectivity index is 1.70. The van der Waals surface area contributed by atoms with E-state index in [1.165, 1.54) is 17.7 Å². The fourth-order valence-electron chi connectivity index (χ4n) is 2.71. The van der Waals surface area contributed by atoms with Crippen molar-refractivity contribution in [1.29, 1.82) is 0 Å². The van der Waals surface area contributed by atoms with Crippen LogP contribution in [0.4, 0.5) is 0 Å². The zero-order valence-electron chi connectivity index (χ0n) is 17.4. The maximum Gasteiger partial charge on any atom is 0.244 e. The fourth-order valence-corrected chi connectivity index (χ4v) is 3.03. The number of benzene rings is 1. The van der Waals surface area contributed by atoms with Crippen LogP contribution < -0.4 is 10.1 Å². The molecule has 0 bridgehead atoms. The topological polar surface area (TPSA) is 81.7 Å². The van der Waals surface area contributed by atoms with E-state index < -0.39 is 16.4 Å². The normalized spacial score (nSPS) is 17.5. The smallest absolute Gasteiger partial charge is 0.244 e. The molecule has 0 spiro atoms. The molecule has 0 aliphatic carbocycles. The number of carbonyl (C=O) groups is 2. The molecule has 1 N–H and O–H groups in total. The van der Waals surface area contributed by atoms with Gasteiger partial charge in [0.25, 0.3) is 0 Å². The van der Waals surface area contributed by atoms with Gasteiger partial charge in [0.15, 0.2) is 5.60 Å². The summed E-state index contributed by atoms with van der Waals surface area (Å²) in [7, 11) is -1.12. The lowest BCUT2D eigenvalue weighted by molar-refractivity contribution is -0.127. The van der Waals surface area contributed by atoms with E-state index in [1.54, 1.807) is 19.9 Å². The van der Waals surface area contributed by atoms with E-state index in [1.807, 2.05) is 31.2 Å². The second-order valence-electron chi connectivity index (χ2n) is 7.55. The molecule has 1 heterocycles. The summed E-state index contributed by atoms with van der Waals surface area (Å²) >= 11 is 0. The number of allylic oxidation sites excluding steroid dienone is 1. The molecule has 6 nitrogen and oxygen atoms in total. The molecule has 0 saturated heterocycles. The molecule has 0 fully saturated rings. The third kappa shape index (κ3) is 7.49. The van der Waals surface area contributed by atoms with Crippen LogP contribution in [-0.4, -0.2) is 40.9 Å². The van der Waals surface area contributed by atoms with Crippen LogP contribution >= 0.6 is 0 Å². The molecule has 158 valence electrons. The van der Waals surface area contributed by atoms with E-state index in [-0.39, 0.29) is 17.6 Å². The lowest BCUT2D eigenvalue weighted by atomic mass is 10.0. The Morgan fingerprint density at radius 3 is 2.59 bits per heavy atom. The van der Waals surface area contributed by atoms with Crippen LogP contribution in [0.1, 0.15) is 32.8 Å². The van der Waals surface area contributed by atoms with Crippen LogP contribution in [0.5, 0.6) is 5.75 Å². The van der Waals surface area contributed by atoms with Crippen LogP contribution in [0, 0.1) is 5.92 Å². The largest absolute Gasteiger partial charge is 0.494 e. The molecule has 0 saturated carbocycles. The molecular formula is C22H29NO5S. The predicted octanol–water partition coefficient (Wildman–Crippen LogP) is 2.90. The van der Waals surface area contributed by atoms with Gasteiger partial charge in [0, 0.05) is 47.1 Å². The number of nitrogens with one attached hydrogen (secondary N) is 1. The van der Waals surface area contributed by atoms with Gasteiger partial charge in [-0.15, -0.1) is 0 Å². The van der Waals surface area contributed by atoms with Crippen LogP contribution in [0.15, 0.2) is 47.6 Å². The Labute approximate surface area is 174 Å². The first kappa shape index (κ1) is 22.9. The summed E-state index contributed by atoms with van der Waals surface area (Å²) in [6, 6.07) is 7.73. The first-order valence-corrected chi connectivity index (χ1v) is 11.2. The average Bonchev–Trinajstić information content (AvgIpc) is 2.94. The average molecular weight is 420 g/mol. The van der Waals surface area contributed by atoms with Gasteiger partial charge in [-0.2, -0.15) is 0 Å². The summed E-state index contributed by atoms with van der Waals surface area (Å²) in [5, 5.41) is 4.11. The maximum atomic E-state index is 11.8. The summed E-state index contributed by atoms with van der Waals surface area (Å²) < 4.78 is 22.4. The van der Waals surface area contributed by atoms with Gasteiger partial charge in [-0.05, 0) is 44.4 Å². The Morgan fingerprint density at radius 1 is 1.31 bits per heavy atom. The Kier molecular flexibility index (Phi) is 8.20. The minimum Gasteiger partial charge on any atom is -0.494 e. The van der Waals surface area contributed by atoms with Gasteiger partial charge < -0.3 is 14.8 Å². The molecule has 1 aliphatic heterocycles. The molecular weight excluding hydrogens is 390 g/mol. The van der Waals surface area contributed by atoms with E-state index in [4.69, 9.17) is 9.47 Å². The molecule has 2 unspecified atom stereocenters. The Hall–Kier alpha value is -2.41. The van der Waals surface area contributed by atoms with Gasteiger partial charge in [-0.3, -0.25) is 13.8 Å². The third-order valence-corrected chi connectivity index (χ3v) is 5.11. The number of rotatable bonds is 10. The summed E-state index contributed by atoms with van der Waals surface area (Å²) in [6.07, 6.45) is 5.84. The molecule has 1 aromatic carbocycles. The van der Waals surface area contributed by atoms with E-state index in [0.717, 1.165) is 23.5 Å². The van der Waals surface area contributed by atoms with Gasteiger partial charge in [-0.25, -0.2) is 0 Å². The summed E-state index contributed by atoms with van der Waals surface area (Å²) in [6.45, 7) is 6.60. The van der Waals surface area contributed by atoms with Crippen LogP contribution in [0.2, 0.25) is 0 Å². The Morgan fingerprint density at radius 2 is 2.00 bits per heavy atom. The van der Waals surface area contributed by atoms with E-state index in [9.17, 15) is 13.8 Å². The minimum absolute atomic E-state index is 0.00315. The van der Waals surface area contributed by atoms with Crippen molar-refractivity contribution >= 4 is 22.5 Å². The standard InChI is InChI=1S/C22H29NO5S/c1-16(19-15-20(24)22(2,3)28-19)10-13-27-18-7-5-17(6-8-18)9-12-23-21(25)11-14-29(4)26/h5-8,11,14-16H,9-10,12-13H2,1-4H3,(H,23,25)/b14-11+. The molecule has 1 aliphatic rings. The van der Waals surface area contributed by atoms with E-state index in [2.05, 4.69) is 5.32 Å². The summed E-state index contributed by atoms with van der Waals surface area (Å²) in [5.74, 6) is 1.36. The lowest BCUT2D eigenvalue weighted by Gasteiger charge is -2.21. The van der Waals surface area contributed by atoms with Crippen molar-refractivity contribution in [3.8, 4) is 5.75 Å². The highest BCUT2D eigenvalue weighted by molar-refractivity contribution is 7.87. The molecule has 2 rings (SSSR count). The van der Waals surface area contributed by atoms with Gasteiger partial charge in [0.1, 0.15) is 11.5 Å². The molecule has 29 heavy (non-hydrogen) atoms. The SMILES string of the molecule is CC(CCOc1ccc(CCNC(=O)/C=C/S(C)=O)cc1)C1=CC(=O)C(C)(C)O1.